The largest absolute Gasteiger partial charge is 0.477 e. The van der Waals surface area contributed by atoms with Gasteiger partial charge in [-0.05, 0) is 18.2 Å². The molecule has 1 aromatic rings. The highest BCUT2D eigenvalue weighted by Crippen LogP contribution is 2.17. The van der Waals surface area contributed by atoms with E-state index in [2.05, 4.69) is 5.10 Å². The van der Waals surface area contributed by atoms with Crippen molar-refractivity contribution in [1.29, 1.82) is 5.26 Å². The third kappa shape index (κ3) is 2.80. The minimum absolute atomic E-state index is 0.0185. The minimum atomic E-state index is -1.20. The van der Waals surface area contributed by atoms with E-state index in [9.17, 15) is 14.0 Å². The summed E-state index contributed by atoms with van der Waals surface area (Å²) in [6, 6.07) is 5.63. The predicted molar refractivity (Wildman–Crippen MR) is 66.0 cm³/mol. The molecule has 0 aliphatic carbocycles. The second-order valence-corrected chi connectivity index (χ2v) is 4.22. The Bertz CT molecular complexity index is 649. The van der Waals surface area contributed by atoms with E-state index in [1.54, 1.807) is 0 Å². The molecule has 0 bridgehead atoms. The Kier molecular flexibility index (Phi) is 3.75. The third-order valence-corrected chi connectivity index (χ3v) is 2.85. The zero-order valence-electron chi connectivity index (χ0n) is 10.3. The average molecular weight is 275 g/mol. The molecule has 1 N–H and O–H groups in total. The summed E-state index contributed by atoms with van der Waals surface area (Å²) in [5.41, 5.74) is 0.238. The van der Waals surface area contributed by atoms with Crippen LogP contribution in [0.15, 0.2) is 23.3 Å². The number of carbonyl (C=O) groups excluding carboxylic acids is 1. The van der Waals surface area contributed by atoms with Crippen LogP contribution in [0.5, 0.6) is 0 Å². The van der Waals surface area contributed by atoms with Crippen LogP contribution in [0.25, 0.3) is 0 Å². The second-order valence-electron chi connectivity index (χ2n) is 4.22. The Balaban J connectivity index is 2.28. The van der Waals surface area contributed by atoms with E-state index in [0.717, 1.165) is 11.1 Å². The van der Waals surface area contributed by atoms with Crippen molar-refractivity contribution in [3.8, 4) is 6.07 Å². The lowest BCUT2D eigenvalue weighted by Crippen LogP contribution is -2.34. The zero-order valence-corrected chi connectivity index (χ0v) is 10.3. The second kappa shape index (κ2) is 5.48. The molecule has 7 heteroatoms. The number of carboxylic acid groups (broad SMARTS) is 1. The molecule has 2 rings (SSSR count). The highest BCUT2D eigenvalue weighted by Gasteiger charge is 2.24. The highest BCUT2D eigenvalue weighted by molar-refractivity contribution is 6.36. The van der Waals surface area contributed by atoms with Crippen molar-refractivity contribution < 1.29 is 19.1 Å². The quantitative estimate of drug-likeness (QED) is 0.898. The van der Waals surface area contributed by atoms with Gasteiger partial charge >= 0.3 is 5.97 Å². The first-order valence-electron chi connectivity index (χ1n) is 5.81. The standard InChI is InChI=1S/C13H10FN3O3/c14-10-2-1-8(6-15)5-9(10)7-17-12(18)4-3-11(16-17)13(19)20/h1-2,5H,3-4,7H2,(H,19,20). The summed E-state index contributed by atoms with van der Waals surface area (Å²) >= 11 is 0. The van der Waals surface area contributed by atoms with Crippen molar-refractivity contribution in [1.82, 2.24) is 5.01 Å². The molecule has 102 valence electrons. The van der Waals surface area contributed by atoms with Crippen LogP contribution in [-0.2, 0) is 16.1 Å². The lowest BCUT2D eigenvalue weighted by atomic mass is 10.1. The number of carboxylic acids is 1. The maximum absolute atomic E-state index is 13.6. The van der Waals surface area contributed by atoms with Crippen LogP contribution in [0.2, 0.25) is 0 Å². The molecule has 0 aromatic heterocycles. The fourth-order valence-electron chi connectivity index (χ4n) is 1.81. The molecule has 6 nitrogen and oxygen atoms in total. The fourth-order valence-corrected chi connectivity index (χ4v) is 1.81. The first-order valence-corrected chi connectivity index (χ1v) is 5.81. The van der Waals surface area contributed by atoms with E-state index >= 15 is 0 Å². The molecule has 0 spiro atoms. The zero-order chi connectivity index (χ0) is 14.7. The Labute approximate surface area is 113 Å². The summed E-state index contributed by atoms with van der Waals surface area (Å²) in [5.74, 6) is -2.15. The van der Waals surface area contributed by atoms with Crippen molar-refractivity contribution in [2.24, 2.45) is 5.10 Å². The van der Waals surface area contributed by atoms with Gasteiger partial charge in [0.25, 0.3) is 0 Å². The van der Waals surface area contributed by atoms with E-state index in [1.165, 1.54) is 12.1 Å². The lowest BCUT2D eigenvalue weighted by Gasteiger charge is -2.22. The molecular formula is C13H10FN3O3. The molecule has 0 saturated heterocycles. The van der Waals surface area contributed by atoms with Crippen LogP contribution in [0.3, 0.4) is 0 Å². The Hall–Kier alpha value is -2.75. The van der Waals surface area contributed by atoms with Crippen LogP contribution in [-0.4, -0.2) is 27.7 Å². The lowest BCUT2D eigenvalue weighted by molar-refractivity contribution is -0.133. The van der Waals surface area contributed by atoms with E-state index in [-0.39, 0.29) is 42.1 Å². The monoisotopic (exact) mass is 275 g/mol. The molecule has 1 aliphatic heterocycles. The molecule has 1 heterocycles. The van der Waals surface area contributed by atoms with Gasteiger partial charge in [-0.1, -0.05) is 0 Å². The van der Waals surface area contributed by atoms with E-state index in [0.29, 0.717) is 0 Å². The summed E-state index contributed by atoms with van der Waals surface area (Å²) in [6.07, 6.45) is 0.0794. The number of carbonyl (C=O) groups is 2. The van der Waals surface area contributed by atoms with Crippen LogP contribution in [0.4, 0.5) is 4.39 Å². The molecule has 20 heavy (non-hydrogen) atoms. The fraction of sp³-hybridized carbons (Fsp3) is 0.231. The van der Waals surface area contributed by atoms with Gasteiger partial charge < -0.3 is 5.11 Å². The van der Waals surface area contributed by atoms with Crippen molar-refractivity contribution in [3.63, 3.8) is 0 Å². The number of amides is 1. The van der Waals surface area contributed by atoms with Crippen LogP contribution in [0, 0.1) is 17.1 Å². The number of hydrogen-bond acceptors (Lipinski definition) is 4. The van der Waals surface area contributed by atoms with Gasteiger partial charge in [0.15, 0.2) is 0 Å². The van der Waals surface area contributed by atoms with E-state index in [4.69, 9.17) is 10.4 Å². The Morgan fingerprint density at radius 3 is 2.90 bits per heavy atom. The van der Waals surface area contributed by atoms with Crippen LogP contribution in [0.1, 0.15) is 24.0 Å². The molecule has 0 saturated carbocycles. The van der Waals surface area contributed by atoms with Crippen LogP contribution >= 0.6 is 0 Å². The molecule has 1 aromatic carbocycles. The average Bonchev–Trinajstić information content (AvgIpc) is 2.43. The SMILES string of the molecule is N#Cc1ccc(F)c(CN2N=C(C(=O)O)CCC2=O)c1. The molecule has 0 unspecified atom stereocenters. The highest BCUT2D eigenvalue weighted by atomic mass is 19.1. The molecule has 1 amide bonds. The van der Waals surface area contributed by atoms with Crippen molar-refractivity contribution in [3.05, 3.63) is 35.1 Å². The smallest absolute Gasteiger partial charge is 0.352 e. The topological polar surface area (TPSA) is 93.8 Å². The van der Waals surface area contributed by atoms with Crippen molar-refractivity contribution in [2.75, 3.05) is 0 Å². The molecular weight excluding hydrogens is 265 g/mol. The maximum Gasteiger partial charge on any atom is 0.352 e. The number of hydrogen-bond donors (Lipinski definition) is 1. The third-order valence-electron chi connectivity index (χ3n) is 2.85. The Morgan fingerprint density at radius 2 is 2.25 bits per heavy atom. The summed E-state index contributed by atoms with van der Waals surface area (Å²) < 4.78 is 13.6. The number of rotatable bonds is 3. The number of benzene rings is 1. The number of hydrazone groups is 1. The first kappa shape index (κ1) is 13.7. The van der Waals surface area contributed by atoms with Gasteiger partial charge in [-0.15, -0.1) is 0 Å². The van der Waals surface area contributed by atoms with Gasteiger partial charge in [0.1, 0.15) is 11.5 Å². The summed E-state index contributed by atoms with van der Waals surface area (Å²) in [7, 11) is 0. The summed E-state index contributed by atoms with van der Waals surface area (Å²) in [6.45, 7) is -0.197. The number of nitriles is 1. The van der Waals surface area contributed by atoms with E-state index in [1.807, 2.05) is 6.07 Å². The molecule has 1 aliphatic rings. The van der Waals surface area contributed by atoms with Crippen LogP contribution < -0.4 is 0 Å². The van der Waals surface area contributed by atoms with Gasteiger partial charge in [-0.3, -0.25) is 4.79 Å². The van der Waals surface area contributed by atoms with Gasteiger partial charge in [0, 0.05) is 18.4 Å². The predicted octanol–water partition coefficient (Wildman–Crippen LogP) is 1.26. The molecule has 0 radical (unpaired) electrons. The number of nitrogens with zero attached hydrogens (tertiary/aromatic N) is 3. The normalized spacial score (nSPS) is 14.7. The van der Waals surface area contributed by atoms with Gasteiger partial charge in [-0.2, -0.15) is 10.4 Å². The molecule has 0 atom stereocenters. The Morgan fingerprint density at radius 1 is 1.50 bits per heavy atom. The van der Waals surface area contributed by atoms with Gasteiger partial charge in [0.2, 0.25) is 5.91 Å². The minimum Gasteiger partial charge on any atom is -0.477 e. The first-order chi connectivity index (χ1) is 9.51. The maximum atomic E-state index is 13.6. The van der Waals surface area contributed by atoms with E-state index < -0.39 is 11.8 Å². The number of halogens is 1. The summed E-state index contributed by atoms with van der Waals surface area (Å²) in [5, 5.41) is 22.3. The number of aliphatic carboxylic acids is 1. The van der Waals surface area contributed by atoms with Crippen molar-refractivity contribution in [2.45, 2.75) is 19.4 Å². The van der Waals surface area contributed by atoms with Gasteiger partial charge in [0.05, 0.1) is 18.2 Å². The summed E-state index contributed by atoms with van der Waals surface area (Å²) in [4.78, 5) is 22.5. The molecule has 0 fully saturated rings. The van der Waals surface area contributed by atoms with Crippen molar-refractivity contribution >= 4 is 17.6 Å². The van der Waals surface area contributed by atoms with Gasteiger partial charge in [-0.25, -0.2) is 14.2 Å².